The molecule has 2 rings (SSSR count). The van der Waals surface area contributed by atoms with Gasteiger partial charge in [-0.3, -0.25) is 4.79 Å². The number of benzene rings is 1. The van der Waals surface area contributed by atoms with Crippen LogP contribution >= 0.6 is 17.0 Å². The number of fused-ring (bicyclic) bond motifs is 1. The van der Waals surface area contributed by atoms with Crippen molar-refractivity contribution in [2.24, 2.45) is 0 Å². The van der Waals surface area contributed by atoms with E-state index < -0.39 is 5.97 Å². The van der Waals surface area contributed by atoms with Gasteiger partial charge in [-0.2, -0.15) is 4.57 Å². The van der Waals surface area contributed by atoms with Gasteiger partial charge in [0.15, 0.2) is 6.54 Å². The van der Waals surface area contributed by atoms with Gasteiger partial charge in [-0.15, -0.1) is 17.0 Å². The van der Waals surface area contributed by atoms with Crippen LogP contribution in [0.4, 0.5) is 0 Å². The summed E-state index contributed by atoms with van der Waals surface area (Å²) in [4.78, 5) is 10.6. The molecule has 2 aromatic rings. The fraction of sp³-hybridized carbons (Fsp3) is 0.333. The molecule has 0 aliphatic rings. The van der Waals surface area contributed by atoms with E-state index in [-0.39, 0.29) is 23.4 Å². The van der Waals surface area contributed by atoms with Gasteiger partial charge in [-0.1, -0.05) is 6.07 Å². The minimum Gasteiger partial charge on any atom is -0.481 e. The van der Waals surface area contributed by atoms with Gasteiger partial charge < -0.3 is 9.52 Å². The van der Waals surface area contributed by atoms with Crippen LogP contribution in [0.25, 0.3) is 11.1 Å². The summed E-state index contributed by atoms with van der Waals surface area (Å²) in [5, 5.41) is 8.69. The lowest BCUT2D eigenvalue weighted by atomic mass is 10.2. The van der Waals surface area contributed by atoms with Crippen LogP contribution in [0.2, 0.25) is 0 Å². The molecule has 0 saturated carbocycles. The van der Waals surface area contributed by atoms with Gasteiger partial charge in [0.25, 0.3) is 5.52 Å². The van der Waals surface area contributed by atoms with Crippen molar-refractivity contribution in [3.05, 3.63) is 29.7 Å². The Morgan fingerprint density at radius 1 is 1.41 bits per heavy atom. The van der Waals surface area contributed by atoms with Crippen molar-refractivity contribution in [3.8, 4) is 0 Å². The Hall–Kier alpha value is -1.36. The second kappa shape index (κ2) is 5.31. The molecule has 0 spiro atoms. The number of halogens is 1. The van der Waals surface area contributed by atoms with E-state index in [0.717, 1.165) is 22.6 Å². The highest BCUT2D eigenvalue weighted by molar-refractivity contribution is 8.93. The molecule has 0 fully saturated rings. The van der Waals surface area contributed by atoms with E-state index in [4.69, 9.17) is 9.52 Å². The van der Waals surface area contributed by atoms with Crippen molar-refractivity contribution in [2.45, 2.75) is 26.8 Å². The van der Waals surface area contributed by atoms with Crippen LogP contribution in [0.15, 0.2) is 22.6 Å². The Balaban J connectivity index is 0.00000144. The number of hydrogen-bond acceptors (Lipinski definition) is 2. The molecule has 1 aromatic carbocycles. The second-order valence-corrected chi connectivity index (χ2v) is 3.89. The highest BCUT2D eigenvalue weighted by atomic mass is 79.9. The van der Waals surface area contributed by atoms with Crippen LogP contribution in [0.1, 0.15) is 17.9 Å². The molecule has 92 valence electrons. The largest absolute Gasteiger partial charge is 0.481 e. The third kappa shape index (κ3) is 2.85. The zero-order valence-corrected chi connectivity index (χ0v) is 11.5. The molecule has 0 atom stereocenters. The smallest absolute Gasteiger partial charge is 0.344 e. The monoisotopic (exact) mass is 300 g/mol. The van der Waals surface area contributed by atoms with Gasteiger partial charge >= 0.3 is 11.9 Å². The predicted octanol–water partition coefficient (Wildman–Crippen LogP) is 2.39. The minimum atomic E-state index is -0.797. The lowest BCUT2D eigenvalue weighted by Gasteiger charge is -1.93. The van der Waals surface area contributed by atoms with E-state index in [1.807, 2.05) is 36.6 Å². The molecular formula is C12H15BrNO3+. The van der Waals surface area contributed by atoms with Crippen molar-refractivity contribution in [1.29, 1.82) is 0 Å². The first-order valence-corrected chi connectivity index (χ1v) is 5.19. The second-order valence-electron chi connectivity index (χ2n) is 3.89. The quantitative estimate of drug-likeness (QED) is 0.886. The molecule has 1 aromatic heterocycles. The fourth-order valence-corrected chi connectivity index (χ4v) is 1.79. The summed E-state index contributed by atoms with van der Waals surface area (Å²) in [5.74, 6) is -0.0595. The number of carboxylic acids is 1. The van der Waals surface area contributed by atoms with Gasteiger partial charge in [-0.05, 0) is 18.6 Å². The van der Waals surface area contributed by atoms with E-state index in [0.29, 0.717) is 6.54 Å². The maximum Gasteiger partial charge on any atom is 0.344 e. The predicted molar refractivity (Wildman–Crippen MR) is 68.5 cm³/mol. The SMILES string of the molecule is Br.Cc1ccc2oc(C)[n+](CCC(=O)O)c2c1. The average Bonchev–Trinajstić information content (AvgIpc) is 2.51. The van der Waals surface area contributed by atoms with E-state index in [2.05, 4.69) is 0 Å². The number of aromatic nitrogens is 1. The van der Waals surface area contributed by atoms with Crippen LogP contribution in [-0.4, -0.2) is 11.1 Å². The van der Waals surface area contributed by atoms with Gasteiger partial charge in [-0.25, -0.2) is 0 Å². The molecule has 0 bridgehead atoms. The molecule has 0 aliphatic heterocycles. The number of aliphatic carboxylic acids is 1. The van der Waals surface area contributed by atoms with E-state index in [9.17, 15) is 4.79 Å². The third-order valence-corrected chi connectivity index (χ3v) is 2.59. The normalized spacial score (nSPS) is 10.2. The first kappa shape index (κ1) is 13.7. The van der Waals surface area contributed by atoms with Crippen LogP contribution in [0.5, 0.6) is 0 Å². The van der Waals surface area contributed by atoms with Crippen molar-refractivity contribution in [2.75, 3.05) is 0 Å². The molecule has 0 radical (unpaired) electrons. The fourth-order valence-electron chi connectivity index (χ4n) is 1.79. The topological polar surface area (TPSA) is 54.3 Å². The number of rotatable bonds is 3. The first-order chi connectivity index (χ1) is 7.58. The number of oxazole rings is 1. The maximum atomic E-state index is 10.6. The van der Waals surface area contributed by atoms with Gasteiger partial charge in [0.05, 0.1) is 6.92 Å². The van der Waals surface area contributed by atoms with Crippen LogP contribution < -0.4 is 4.57 Å². The Morgan fingerprint density at radius 3 is 2.76 bits per heavy atom. The number of hydrogen-bond donors (Lipinski definition) is 1. The molecule has 1 heterocycles. The molecular weight excluding hydrogens is 286 g/mol. The lowest BCUT2D eigenvalue weighted by Crippen LogP contribution is -2.36. The molecule has 0 amide bonds. The van der Waals surface area contributed by atoms with E-state index in [1.54, 1.807) is 0 Å². The summed E-state index contributed by atoms with van der Waals surface area (Å²) in [5.41, 5.74) is 2.89. The van der Waals surface area contributed by atoms with Gasteiger partial charge in [0.2, 0.25) is 5.58 Å². The summed E-state index contributed by atoms with van der Waals surface area (Å²) in [6, 6.07) is 5.90. The molecule has 1 N–H and O–H groups in total. The molecule has 0 aliphatic carbocycles. The number of carbonyl (C=O) groups is 1. The Morgan fingerprint density at radius 2 is 2.12 bits per heavy atom. The minimum absolute atomic E-state index is 0. The number of carboxylic acid groups (broad SMARTS) is 1. The van der Waals surface area contributed by atoms with E-state index >= 15 is 0 Å². The summed E-state index contributed by atoms with van der Waals surface area (Å²) in [6.07, 6.45) is 0.105. The molecule has 0 saturated heterocycles. The Bertz CT molecular complexity index is 548. The summed E-state index contributed by atoms with van der Waals surface area (Å²) < 4.78 is 7.46. The van der Waals surface area contributed by atoms with Crippen LogP contribution in [-0.2, 0) is 11.3 Å². The van der Waals surface area contributed by atoms with Crippen LogP contribution in [0, 0.1) is 13.8 Å². The standard InChI is InChI=1S/C12H13NO3.BrH/c1-8-3-4-11-10(7-8)13(9(2)16-11)6-5-12(14)15;/h3-4,7H,5-6H2,1-2H3;1H/p+1. The van der Waals surface area contributed by atoms with Gasteiger partial charge in [0, 0.05) is 6.07 Å². The zero-order valence-electron chi connectivity index (χ0n) is 9.77. The first-order valence-electron chi connectivity index (χ1n) is 5.19. The molecule has 4 nitrogen and oxygen atoms in total. The zero-order chi connectivity index (χ0) is 11.7. The number of nitrogens with zero attached hydrogens (tertiary/aromatic N) is 1. The van der Waals surface area contributed by atoms with Crippen molar-refractivity contribution in [1.82, 2.24) is 0 Å². The summed E-state index contributed by atoms with van der Waals surface area (Å²) >= 11 is 0. The van der Waals surface area contributed by atoms with Crippen LogP contribution in [0.3, 0.4) is 0 Å². The maximum absolute atomic E-state index is 10.6. The number of aryl methyl sites for hydroxylation is 3. The van der Waals surface area contributed by atoms with Gasteiger partial charge in [0.1, 0.15) is 6.42 Å². The Labute approximate surface area is 110 Å². The molecule has 5 heteroatoms. The highest BCUT2D eigenvalue weighted by Crippen LogP contribution is 2.15. The summed E-state index contributed by atoms with van der Waals surface area (Å²) in [6.45, 7) is 4.29. The summed E-state index contributed by atoms with van der Waals surface area (Å²) in [7, 11) is 0. The third-order valence-electron chi connectivity index (χ3n) is 2.59. The molecule has 0 unspecified atom stereocenters. The average molecular weight is 301 g/mol. The van der Waals surface area contributed by atoms with Crippen molar-refractivity contribution < 1.29 is 18.9 Å². The lowest BCUT2D eigenvalue weighted by molar-refractivity contribution is -0.681. The Kier molecular flexibility index (Phi) is 4.28. The molecule has 17 heavy (non-hydrogen) atoms. The highest BCUT2D eigenvalue weighted by Gasteiger charge is 2.19. The van der Waals surface area contributed by atoms with Crippen molar-refractivity contribution in [3.63, 3.8) is 0 Å². The van der Waals surface area contributed by atoms with Crippen molar-refractivity contribution >= 4 is 34.1 Å². The van der Waals surface area contributed by atoms with E-state index in [1.165, 1.54) is 0 Å².